The smallest absolute Gasteiger partial charge is 0.254 e. The fourth-order valence-corrected chi connectivity index (χ4v) is 4.29. The molecule has 2 atom stereocenters. The number of carbonyl (C=O) groups excluding carboxylic acids is 1. The van der Waals surface area contributed by atoms with Crippen molar-refractivity contribution < 1.29 is 14.3 Å². The van der Waals surface area contributed by atoms with Gasteiger partial charge in [0.05, 0.1) is 0 Å². The Morgan fingerprint density at radius 3 is 2.42 bits per heavy atom. The Kier molecular flexibility index (Phi) is 3.46. The molecule has 2 fully saturated rings. The number of nitrogens with zero attached hydrogens (tertiary/aromatic N) is 3. The van der Waals surface area contributed by atoms with E-state index in [0.717, 1.165) is 12.8 Å². The Morgan fingerprint density at radius 1 is 1.25 bits per heavy atom. The highest BCUT2D eigenvalue weighted by molar-refractivity contribution is 5.95. The molecule has 0 aliphatic carbocycles. The molecule has 0 saturated carbocycles. The van der Waals surface area contributed by atoms with Gasteiger partial charge >= 0.3 is 0 Å². The van der Waals surface area contributed by atoms with E-state index in [2.05, 4.69) is 4.98 Å². The highest BCUT2D eigenvalue weighted by atomic mass is 19.1. The van der Waals surface area contributed by atoms with Crippen LogP contribution in [-0.4, -0.2) is 37.5 Å². The summed E-state index contributed by atoms with van der Waals surface area (Å²) in [5.74, 6) is 0.231. The van der Waals surface area contributed by atoms with Crippen LogP contribution >= 0.6 is 0 Å². The van der Waals surface area contributed by atoms with E-state index in [4.69, 9.17) is 0 Å². The first kappa shape index (κ1) is 15.3. The van der Waals surface area contributed by atoms with E-state index in [1.807, 2.05) is 22.7 Å². The van der Waals surface area contributed by atoms with Crippen LogP contribution < -0.4 is 0 Å². The third-order valence-corrected chi connectivity index (χ3v) is 5.33. The maximum atomic E-state index is 13.1. The zero-order valence-electron chi connectivity index (χ0n) is 13.5. The van der Waals surface area contributed by atoms with Gasteiger partial charge in [-0.2, -0.15) is 0 Å². The molecule has 0 unspecified atom stereocenters. The number of halogens is 1. The summed E-state index contributed by atoms with van der Waals surface area (Å²) in [6.07, 6.45) is 6.24. The standard InChI is InChI=1S/C18H20FN3O2/c1-21-9-8-20-17(21)18(24)10-14-6-7-15(11-18)22(14)16(23)12-2-4-13(19)5-3-12/h2-5,8-9,14-15,24H,6-7,10-11H2,1H3/t14-,15-/m0/s1. The Bertz CT molecular complexity index is 757. The van der Waals surface area contributed by atoms with Crippen molar-refractivity contribution in [3.8, 4) is 0 Å². The van der Waals surface area contributed by atoms with E-state index in [0.29, 0.717) is 24.2 Å². The molecule has 2 aromatic rings. The van der Waals surface area contributed by atoms with Crippen LogP contribution in [0.25, 0.3) is 0 Å². The molecule has 1 N–H and O–H groups in total. The number of hydrogen-bond acceptors (Lipinski definition) is 3. The van der Waals surface area contributed by atoms with Gasteiger partial charge in [0.2, 0.25) is 0 Å². The van der Waals surface area contributed by atoms with Crippen molar-refractivity contribution in [3.63, 3.8) is 0 Å². The first-order valence-corrected chi connectivity index (χ1v) is 8.26. The Morgan fingerprint density at radius 2 is 1.88 bits per heavy atom. The van der Waals surface area contributed by atoms with E-state index in [1.54, 1.807) is 6.20 Å². The normalized spacial score (nSPS) is 29.0. The molecule has 1 amide bonds. The molecule has 0 spiro atoms. The second-order valence-corrected chi connectivity index (χ2v) is 6.91. The zero-order chi connectivity index (χ0) is 16.9. The van der Waals surface area contributed by atoms with Crippen LogP contribution in [-0.2, 0) is 12.6 Å². The van der Waals surface area contributed by atoms with Crippen LogP contribution in [0.4, 0.5) is 4.39 Å². The Hall–Kier alpha value is -2.21. The molecule has 2 saturated heterocycles. The van der Waals surface area contributed by atoms with Crippen molar-refractivity contribution in [2.45, 2.75) is 43.4 Å². The Labute approximate surface area is 139 Å². The van der Waals surface area contributed by atoms with Gasteiger partial charge in [0.15, 0.2) is 0 Å². The van der Waals surface area contributed by atoms with Gasteiger partial charge in [0.25, 0.3) is 5.91 Å². The topological polar surface area (TPSA) is 58.4 Å². The molecular formula is C18H20FN3O2. The predicted molar refractivity (Wildman–Crippen MR) is 85.7 cm³/mol. The van der Waals surface area contributed by atoms with Crippen molar-refractivity contribution in [2.75, 3.05) is 0 Å². The van der Waals surface area contributed by atoms with Crippen LogP contribution in [0.5, 0.6) is 0 Å². The number of aliphatic hydroxyl groups is 1. The number of aromatic nitrogens is 2. The predicted octanol–water partition coefficient (Wildman–Crippen LogP) is 2.21. The lowest BCUT2D eigenvalue weighted by Crippen LogP contribution is -2.52. The molecule has 3 heterocycles. The Balaban J connectivity index is 1.60. The van der Waals surface area contributed by atoms with E-state index < -0.39 is 5.60 Å². The summed E-state index contributed by atoms with van der Waals surface area (Å²) in [6, 6.07) is 5.64. The fourth-order valence-electron chi connectivity index (χ4n) is 4.29. The van der Waals surface area contributed by atoms with Crippen LogP contribution in [0.3, 0.4) is 0 Å². The molecule has 5 nitrogen and oxygen atoms in total. The number of fused-ring (bicyclic) bond motifs is 2. The van der Waals surface area contributed by atoms with E-state index >= 15 is 0 Å². The number of benzene rings is 1. The summed E-state index contributed by atoms with van der Waals surface area (Å²) in [5.41, 5.74) is -0.500. The maximum absolute atomic E-state index is 13.1. The minimum absolute atomic E-state index is 0.0111. The van der Waals surface area contributed by atoms with Crippen LogP contribution in [0.15, 0.2) is 36.7 Å². The van der Waals surface area contributed by atoms with Crippen molar-refractivity contribution in [3.05, 3.63) is 53.9 Å². The number of piperidine rings is 1. The lowest BCUT2D eigenvalue weighted by atomic mass is 9.85. The molecule has 2 aliphatic rings. The number of rotatable bonds is 2. The van der Waals surface area contributed by atoms with Gasteiger partial charge < -0.3 is 14.6 Å². The van der Waals surface area contributed by atoms with Gasteiger partial charge in [0, 0.05) is 49.9 Å². The van der Waals surface area contributed by atoms with Gasteiger partial charge in [-0.1, -0.05) is 0 Å². The molecule has 24 heavy (non-hydrogen) atoms. The van der Waals surface area contributed by atoms with Crippen molar-refractivity contribution in [2.24, 2.45) is 7.05 Å². The van der Waals surface area contributed by atoms with Crippen molar-refractivity contribution >= 4 is 5.91 Å². The minimum atomic E-state index is -0.996. The summed E-state index contributed by atoms with van der Waals surface area (Å²) in [6.45, 7) is 0. The molecule has 126 valence electrons. The van der Waals surface area contributed by atoms with Crippen molar-refractivity contribution in [1.29, 1.82) is 0 Å². The minimum Gasteiger partial charge on any atom is -0.382 e. The number of imidazole rings is 1. The molecule has 0 radical (unpaired) electrons. The second-order valence-electron chi connectivity index (χ2n) is 6.91. The SMILES string of the molecule is Cn1ccnc1C1(O)C[C@@H]2CC[C@@H](C1)N2C(=O)c1ccc(F)cc1. The summed E-state index contributed by atoms with van der Waals surface area (Å²) >= 11 is 0. The highest BCUT2D eigenvalue weighted by Crippen LogP contribution is 2.45. The third kappa shape index (κ3) is 2.33. The van der Waals surface area contributed by atoms with E-state index in [-0.39, 0.29) is 23.8 Å². The average Bonchev–Trinajstić information content (AvgIpc) is 3.10. The van der Waals surface area contributed by atoms with Crippen molar-refractivity contribution in [1.82, 2.24) is 14.5 Å². The van der Waals surface area contributed by atoms with Crippen LogP contribution in [0.2, 0.25) is 0 Å². The largest absolute Gasteiger partial charge is 0.382 e. The quantitative estimate of drug-likeness (QED) is 0.919. The number of amides is 1. The second kappa shape index (κ2) is 5.41. The van der Waals surface area contributed by atoms with Gasteiger partial charge in [0.1, 0.15) is 17.2 Å². The van der Waals surface area contributed by atoms with Crippen LogP contribution in [0, 0.1) is 5.82 Å². The molecule has 2 aliphatic heterocycles. The fraction of sp³-hybridized carbons (Fsp3) is 0.444. The summed E-state index contributed by atoms with van der Waals surface area (Å²) in [7, 11) is 1.87. The summed E-state index contributed by atoms with van der Waals surface area (Å²) < 4.78 is 14.9. The molecule has 4 rings (SSSR count). The van der Waals surface area contributed by atoms with Gasteiger partial charge in [-0.3, -0.25) is 4.79 Å². The monoisotopic (exact) mass is 329 g/mol. The zero-order valence-corrected chi connectivity index (χ0v) is 13.5. The molecule has 1 aromatic heterocycles. The summed E-state index contributed by atoms with van der Waals surface area (Å²) in [4.78, 5) is 19.0. The third-order valence-electron chi connectivity index (χ3n) is 5.33. The number of aryl methyl sites for hydroxylation is 1. The lowest BCUT2D eigenvalue weighted by molar-refractivity contribution is -0.0555. The number of carbonyl (C=O) groups is 1. The van der Waals surface area contributed by atoms with Gasteiger partial charge in [-0.15, -0.1) is 0 Å². The first-order chi connectivity index (χ1) is 11.5. The average molecular weight is 329 g/mol. The van der Waals surface area contributed by atoms with Gasteiger partial charge in [-0.05, 0) is 37.1 Å². The van der Waals surface area contributed by atoms with Gasteiger partial charge in [-0.25, -0.2) is 9.37 Å². The maximum Gasteiger partial charge on any atom is 0.254 e. The molecule has 2 bridgehead atoms. The summed E-state index contributed by atoms with van der Waals surface area (Å²) in [5, 5.41) is 11.1. The molecular weight excluding hydrogens is 309 g/mol. The molecule has 1 aromatic carbocycles. The first-order valence-electron chi connectivity index (χ1n) is 8.26. The lowest BCUT2D eigenvalue weighted by Gasteiger charge is -2.43. The molecule has 6 heteroatoms. The van der Waals surface area contributed by atoms with E-state index in [1.165, 1.54) is 24.3 Å². The highest BCUT2D eigenvalue weighted by Gasteiger charge is 2.51. The number of hydrogen-bond donors (Lipinski definition) is 1. The van der Waals surface area contributed by atoms with Crippen LogP contribution in [0.1, 0.15) is 41.9 Å². The van der Waals surface area contributed by atoms with E-state index in [9.17, 15) is 14.3 Å².